The summed E-state index contributed by atoms with van der Waals surface area (Å²) in [5.41, 5.74) is 1.01. The Bertz CT molecular complexity index is 400. The van der Waals surface area contributed by atoms with Crippen molar-refractivity contribution in [1.82, 2.24) is 15.0 Å². The van der Waals surface area contributed by atoms with E-state index < -0.39 is 6.34 Å². The second kappa shape index (κ2) is 1.49. The zero-order valence-corrected chi connectivity index (χ0v) is 6.96. The van der Waals surface area contributed by atoms with Crippen molar-refractivity contribution in [3.05, 3.63) is 12.7 Å². The van der Waals surface area contributed by atoms with Crippen LogP contribution in [0.25, 0.3) is 0 Å². The smallest absolute Gasteiger partial charge is 0.237 e. The number of amidine groups is 1. The second-order valence-corrected chi connectivity index (χ2v) is 5.81. The van der Waals surface area contributed by atoms with Gasteiger partial charge in [0, 0.05) is 0 Å². The first kappa shape index (κ1) is 5.74. The van der Waals surface area contributed by atoms with Crippen LogP contribution in [-0.4, -0.2) is 20.5 Å². The van der Waals surface area contributed by atoms with Crippen LogP contribution in [0.4, 0.5) is 5.95 Å². The summed E-state index contributed by atoms with van der Waals surface area (Å²) in [6.45, 7) is 0. The van der Waals surface area contributed by atoms with Crippen LogP contribution in [0, 0.1) is 0 Å². The van der Waals surface area contributed by atoms with Crippen molar-refractivity contribution in [3.63, 3.8) is 0 Å². The lowest BCUT2D eigenvalue weighted by Gasteiger charge is -1.99. The number of nitrogens with zero attached hydrogens (tertiary/aromatic N) is 5. The van der Waals surface area contributed by atoms with Gasteiger partial charge in [0.15, 0.2) is 5.58 Å². The maximum Gasteiger partial charge on any atom is 0.239 e. The van der Waals surface area contributed by atoms with Gasteiger partial charge in [0.2, 0.25) is 12.3 Å². The van der Waals surface area contributed by atoms with E-state index in [0.29, 0.717) is 5.95 Å². The summed E-state index contributed by atoms with van der Waals surface area (Å²) in [6, 6.07) is 0. The van der Waals surface area contributed by atoms with Gasteiger partial charge in [-0.15, -0.1) is 0 Å². The highest BCUT2D eigenvalue weighted by atomic mass is 32.4. The molecule has 11 heavy (non-hydrogen) atoms. The molecule has 3 heterocycles. The molecule has 1 saturated heterocycles. The third-order valence-corrected chi connectivity index (χ3v) is 4.57. The zero-order valence-electron chi connectivity index (χ0n) is 5.25. The molecule has 3 rings (SSSR count). The van der Waals surface area contributed by atoms with Gasteiger partial charge in [-0.25, -0.2) is 24.4 Å². The van der Waals surface area contributed by atoms with Gasteiger partial charge >= 0.3 is 0 Å². The minimum atomic E-state index is -1.50. The molecule has 7 heteroatoms. The van der Waals surface area contributed by atoms with Crippen LogP contribution >= 0.6 is 6.34 Å². The van der Waals surface area contributed by atoms with Crippen molar-refractivity contribution < 1.29 is 0 Å². The Morgan fingerprint density at radius 2 is 2.00 bits per heavy atom. The molecule has 1 atom stereocenters. The summed E-state index contributed by atoms with van der Waals surface area (Å²) in [6.07, 6.45) is 1.42. The number of fused-ring (bicyclic) bond motifs is 1. The van der Waals surface area contributed by atoms with Crippen LogP contribution < -0.4 is 4.67 Å². The molecule has 1 aromatic rings. The van der Waals surface area contributed by atoms with Crippen LogP contribution in [-0.2, 0) is 11.8 Å². The molecule has 0 amide bonds. The van der Waals surface area contributed by atoms with E-state index in [9.17, 15) is 0 Å². The average Bonchev–Trinajstić information content (AvgIpc) is 2.79. The van der Waals surface area contributed by atoms with Crippen LogP contribution in [0.15, 0.2) is 17.4 Å². The predicted molar refractivity (Wildman–Crippen MR) is 44.0 cm³/mol. The van der Waals surface area contributed by atoms with Gasteiger partial charge in [-0.2, -0.15) is 0 Å². The standard InChI is InChI=1S/C4H2N5PS/c11-10-4(8-10)9(10)3-6-1-5-2-7-3/h1-2H. The summed E-state index contributed by atoms with van der Waals surface area (Å²) >= 11 is 5.15. The van der Waals surface area contributed by atoms with E-state index in [1.165, 1.54) is 12.7 Å². The van der Waals surface area contributed by atoms with Crippen LogP contribution in [0.2, 0.25) is 0 Å². The first-order valence-corrected chi connectivity index (χ1v) is 5.66. The highest BCUT2D eigenvalue weighted by molar-refractivity contribution is 8.35. The lowest BCUT2D eigenvalue weighted by atomic mass is 10.9. The summed E-state index contributed by atoms with van der Waals surface area (Å²) in [5.74, 6) is 0.647. The van der Waals surface area contributed by atoms with Crippen molar-refractivity contribution in [2.75, 3.05) is 4.67 Å². The molecule has 2 aliphatic heterocycles. The van der Waals surface area contributed by atoms with Gasteiger partial charge in [0.25, 0.3) is 0 Å². The SMILES string of the molecule is S=P12N=C1N2c1ncncn1. The molecule has 1 unspecified atom stereocenters. The number of hydrogen-bond donors (Lipinski definition) is 0. The van der Waals surface area contributed by atoms with Crippen molar-refractivity contribution in [2.24, 2.45) is 4.76 Å². The molecule has 0 aromatic carbocycles. The Morgan fingerprint density at radius 3 is 2.45 bits per heavy atom. The fourth-order valence-electron chi connectivity index (χ4n) is 0.888. The topological polar surface area (TPSA) is 54.0 Å². The maximum absolute atomic E-state index is 5.15. The third kappa shape index (κ3) is 0.587. The predicted octanol–water partition coefficient (Wildman–Crippen LogP) is 0.371. The van der Waals surface area contributed by atoms with Gasteiger partial charge in [-0.1, -0.05) is 0 Å². The molecular formula is C4H2N5PS. The normalized spacial score (nSPS) is 30.9. The minimum absolute atomic E-state index is 0.647. The van der Waals surface area contributed by atoms with E-state index in [0.717, 1.165) is 5.58 Å². The largest absolute Gasteiger partial charge is 0.239 e. The van der Waals surface area contributed by atoms with E-state index >= 15 is 0 Å². The van der Waals surface area contributed by atoms with E-state index in [1.807, 2.05) is 4.67 Å². The summed E-state index contributed by atoms with van der Waals surface area (Å²) in [7, 11) is 0. The number of rotatable bonds is 1. The minimum Gasteiger partial charge on any atom is -0.237 e. The lowest BCUT2D eigenvalue weighted by molar-refractivity contribution is 1.04. The Kier molecular flexibility index (Phi) is 0.777. The van der Waals surface area contributed by atoms with Gasteiger partial charge in [-0.05, 0) is 11.8 Å². The van der Waals surface area contributed by atoms with E-state index in [1.54, 1.807) is 0 Å². The molecule has 0 spiro atoms. The quantitative estimate of drug-likeness (QED) is 0.465. The average molecular weight is 183 g/mol. The Labute approximate surface area is 67.3 Å². The number of aromatic nitrogens is 3. The Morgan fingerprint density at radius 1 is 1.36 bits per heavy atom. The number of anilines is 1. The molecular weight excluding hydrogens is 181 g/mol. The molecule has 0 N–H and O–H groups in total. The maximum atomic E-state index is 5.15. The highest BCUT2D eigenvalue weighted by Crippen LogP contribution is 2.83. The van der Waals surface area contributed by atoms with Crippen LogP contribution in [0.5, 0.6) is 0 Å². The molecule has 1 aromatic heterocycles. The molecule has 54 valence electrons. The fourth-order valence-corrected chi connectivity index (χ4v) is 3.67. The molecule has 0 saturated carbocycles. The van der Waals surface area contributed by atoms with Gasteiger partial charge in [0.1, 0.15) is 12.7 Å². The third-order valence-electron chi connectivity index (χ3n) is 1.54. The fraction of sp³-hybridized carbons (Fsp3) is 0. The van der Waals surface area contributed by atoms with Crippen molar-refractivity contribution in [2.45, 2.75) is 0 Å². The van der Waals surface area contributed by atoms with Crippen molar-refractivity contribution in [3.8, 4) is 0 Å². The van der Waals surface area contributed by atoms with Crippen LogP contribution in [0.1, 0.15) is 0 Å². The van der Waals surface area contributed by atoms with E-state index in [2.05, 4.69) is 19.7 Å². The van der Waals surface area contributed by atoms with Crippen molar-refractivity contribution in [1.29, 1.82) is 0 Å². The molecule has 0 radical (unpaired) electrons. The first-order chi connectivity index (χ1) is 5.32. The van der Waals surface area contributed by atoms with Gasteiger partial charge in [-0.3, -0.25) is 0 Å². The Hall–Kier alpha value is -0.870. The molecule has 5 nitrogen and oxygen atoms in total. The van der Waals surface area contributed by atoms with Gasteiger partial charge < -0.3 is 0 Å². The molecule has 2 aliphatic rings. The summed E-state index contributed by atoms with van der Waals surface area (Å²) in [5, 5.41) is 0. The summed E-state index contributed by atoms with van der Waals surface area (Å²) < 4.78 is 5.96. The zero-order chi connectivity index (χ0) is 7.47. The summed E-state index contributed by atoms with van der Waals surface area (Å²) in [4.78, 5) is 11.6. The molecule has 1 fully saturated rings. The van der Waals surface area contributed by atoms with Crippen LogP contribution in [0.3, 0.4) is 0 Å². The van der Waals surface area contributed by atoms with E-state index in [4.69, 9.17) is 11.8 Å². The Balaban J connectivity index is 2.05. The molecule has 0 aliphatic carbocycles. The number of hydrogen-bond acceptors (Lipinski definition) is 4. The monoisotopic (exact) mass is 183 g/mol. The van der Waals surface area contributed by atoms with E-state index in [-0.39, 0.29) is 0 Å². The lowest BCUT2D eigenvalue weighted by Crippen LogP contribution is -2.01. The second-order valence-electron chi connectivity index (χ2n) is 2.19. The first-order valence-electron chi connectivity index (χ1n) is 2.96. The van der Waals surface area contributed by atoms with Gasteiger partial charge in [0.05, 0.1) is 0 Å². The highest BCUT2D eigenvalue weighted by Gasteiger charge is 2.66. The molecule has 0 bridgehead atoms. The van der Waals surface area contributed by atoms with Crippen molar-refractivity contribution >= 4 is 29.7 Å².